The summed E-state index contributed by atoms with van der Waals surface area (Å²) in [6.07, 6.45) is 0. The van der Waals surface area contributed by atoms with Crippen LogP contribution >= 0.6 is 0 Å². The number of rotatable bonds is 1. The van der Waals surface area contributed by atoms with Gasteiger partial charge < -0.3 is 11.6 Å². The molecule has 6 heteroatoms. The Bertz CT molecular complexity index is 485. The molecule has 0 amide bonds. The van der Waals surface area contributed by atoms with Crippen LogP contribution in [0.5, 0.6) is 0 Å². The number of nitrogens with zero attached hydrogens (tertiary/aromatic N) is 3. The Kier molecular flexibility index (Phi) is 2.03. The van der Waals surface area contributed by atoms with E-state index in [2.05, 4.69) is 10.2 Å². The zero-order chi connectivity index (χ0) is 11.0. The second kappa shape index (κ2) is 3.23. The van der Waals surface area contributed by atoms with E-state index >= 15 is 0 Å². The molecule has 2 aromatic rings. The van der Waals surface area contributed by atoms with Gasteiger partial charge in [-0.2, -0.15) is 0 Å². The maximum Gasteiger partial charge on any atom is 0.241 e. The van der Waals surface area contributed by atoms with E-state index < -0.39 is 0 Å². The number of halogens is 1. The Morgan fingerprint density at radius 3 is 2.53 bits per heavy atom. The fraction of sp³-hybridized carbons (Fsp3) is 0.111. The summed E-state index contributed by atoms with van der Waals surface area (Å²) in [5, 5.41) is 7.36. The number of hydrogen-bond donors (Lipinski definition) is 2. The van der Waals surface area contributed by atoms with Crippen LogP contribution < -0.4 is 11.6 Å². The van der Waals surface area contributed by atoms with Crippen molar-refractivity contribution in [2.75, 3.05) is 11.6 Å². The van der Waals surface area contributed by atoms with Crippen molar-refractivity contribution in [3.8, 4) is 11.4 Å². The SMILES string of the molecule is Cc1cc(F)cc(-c2nnc(N)n2N)c1. The smallest absolute Gasteiger partial charge is 0.241 e. The second-order valence-corrected chi connectivity index (χ2v) is 3.27. The quantitative estimate of drug-likeness (QED) is 0.674. The molecule has 0 spiro atoms. The third kappa shape index (κ3) is 1.61. The number of hydrogen-bond acceptors (Lipinski definition) is 4. The van der Waals surface area contributed by atoms with E-state index in [0.717, 1.165) is 10.2 Å². The summed E-state index contributed by atoms with van der Waals surface area (Å²) < 4.78 is 14.2. The van der Waals surface area contributed by atoms with Crippen LogP contribution in [-0.4, -0.2) is 14.9 Å². The molecule has 1 aromatic carbocycles. The highest BCUT2D eigenvalue weighted by Crippen LogP contribution is 2.19. The summed E-state index contributed by atoms with van der Waals surface area (Å²) in [4.78, 5) is 0. The molecular formula is C9H10FN5. The van der Waals surface area contributed by atoms with Crippen molar-refractivity contribution in [3.05, 3.63) is 29.6 Å². The summed E-state index contributed by atoms with van der Waals surface area (Å²) in [7, 11) is 0. The van der Waals surface area contributed by atoms with Gasteiger partial charge in [-0.3, -0.25) is 0 Å². The first-order chi connectivity index (χ1) is 7.08. The van der Waals surface area contributed by atoms with Crippen molar-refractivity contribution in [3.63, 3.8) is 0 Å². The Morgan fingerprint density at radius 2 is 2.00 bits per heavy atom. The number of aryl methyl sites for hydroxylation is 1. The third-order valence-electron chi connectivity index (χ3n) is 2.02. The van der Waals surface area contributed by atoms with Gasteiger partial charge in [-0.1, -0.05) is 0 Å². The van der Waals surface area contributed by atoms with Crippen molar-refractivity contribution < 1.29 is 4.39 Å². The van der Waals surface area contributed by atoms with Gasteiger partial charge in [-0.25, -0.2) is 9.07 Å². The summed E-state index contributed by atoms with van der Waals surface area (Å²) in [6, 6.07) is 4.51. The van der Waals surface area contributed by atoms with Crippen LogP contribution in [0.25, 0.3) is 11.4 Å². The zero-order valence-corrected chi connectivity index (χ0v) is 8.11. The lowest BCUT2D eigenvalue weighted by Crippen LogP contribution is -2.13. The minimum atomic E-state index is -0.341. The standard InChI is InChI=1S/C9H10FN5/c1-5-2-6(4-7(10)3-5)8-13-14-9(11)15(8)12/h2-4H,12H2,1H3,(H2,11,14). The molecule has 5 nitrogen and oxygen atoms in total. The van der Waals surface area contributed by atoms with E-state index in [1.165, 1.54) is 12.1 Å². The Balaban J connectivity index is 2.58. The van der Waals surface area contributed by atoms with Crippen molar-refractivity contribution in [1.29, 1.82) is 0 Å². The molecule has 2 rings (SSSR count). The van der Waals surface area contributed by atoms with Gasteiger partial charge in [0.25, 0.3) is 0 Å². The van der Waals surface area contributed by atoms with E-state index in [0.29, 0.717) is 11.4 Å². The molecule has 0 bridgehead atoms. The van der Waals surface area contributed by atoms with Crippen LogP contribution in [0.3, 0.4) is 0 Å². The average molecular weight is 207 g/mol. The van der Waals surface area contributed by atoms with Crippen LogP contribution in [0.4, 0.5) is 10.3 Å². The van der Waals surface area contributed by atoms with Crippen LogP contribution in [0.2, 0.25) is 0 Å². The molecule has 0 aliphatic heterocycles. The highest BCUT2D eigenvalue weighted by molar-refractivity contribution is 5.58. The molecule has 0 fully saturated rings. The van der Waals surface area contributed by atoms with Gasteiger partial charge in [0.2, 0.25) is 5.95 Å². The first kappa shape index (κ1) is 9.45. The topological polar surface area (TPSA) is 82.8 Å². The van der Waals surface area contributed by atoms with Gasteiger partial charge >= 0.3 is 0 Å². The monoisotopic (exact) mass is 207 g/mol. The maximum atomic E-state index is 13.1. The lowest BCUT2D eigenvalue weighted by atomic mass is 10.1. The van der Waals surface area contributed by atoms with Gasteiger partial charge in [0.05, 0.1) is 0 Å². The fourth-order valence-electron chi connectivity index (χ4n) is 1.37. The molecule has 0 atom stereocenters. The number of aromatic nitrogens is 3. The molecule has 4 N–H and O–H groups in total. The number of nitrogen functional groups attached to an aromatic ring is 2. The lowest BCUT2D eigenvalue weighted by molar-refractivity contribution is 0.627. The predicted molar refractivity (Wildman–Crippen MR) is 54.7 cm³/mol. The molecular weight excluding hydrogens is 197 g/mol. The highest BCUT2D eigenvalue weighted by Gasteiger charge is 2.10. The number of anilines is 1. The molecule has 0 radical (unpaired) electrons. The van der Waals surface area contributed by atoms with Gasteiger partial charge in [0, 0.05) is 5.56 Å². The Hall–Kier alpha value is -2.11. The molecule has 15 heavy (non-hydrogen) atoms. The Morgan fingerprint density at radius 1 is 1.27 bits per heavy atom. The molecule has 0 saturated heterocycles. The van der Waals surface area contributed by atoms with Crippen molar-refractivity contribution in [2.45, 2.75) is 6.92 Å². The summed E-state index contributed by atoms with van der Waals surface area (Å²) in [5.74, 6) is 5.67. The largest absolute Gasteiger partial charge is 0.366 e. The van der Waals surface area contributed by atoms with E-state index in [4.69, 9.17) is 11.6 Å². The highest BCUT2D eigenvalue weighted by atomic mass is 19.1. The normalized spacial score (nSPS) is 10.5. The first-order valence-corrected chi connectivity index (χ1v) is 4.31. The molecule has 0 aliphatic carbocycles. The van der Waals surface area contributed by atoms with Crippen LogP contribution in [-0.2, 0) is 0 Å². The molecule has 1 aromatic heterocycles. The van der Waals surface area contributed by atoms with Crippen LogP contribution in [0.1, 0.15) is 5.56 Å². The van der Waals surface area contributed by atoms with E-state index in [1.807, 2.05) is 0 Å². The molecule has 78 valence electrons. The summed E-state index contributed by atoms with van der Waals surface area (Å²) in [6.45, 7) is 1.78. The van der Waals surface area contributed by atoms with Gasteiger partial charge in [-0.05, 0) is 30.7 Å². The maximum absolute atomic E-state index is 13.1. The first-order valence-electron chi connectivity index (χ1n) is 4.31. The zero-order valence-electron chi connectivity index (χ0n) is 8.11. The fourth-order valence-corrected chi connectivity index (χ4v) is 1.37. The van der Waals surface area contributed by atoms with Gasteiger partial charge in [-0.15, -0.1) is 10.2 Å². The van der Waals surface area contributed by atoms with E-state index in [-0.39, 0.29) is 11.8 Å². The van der Waals surface area contributed by atoms with Crippen LogP contribution in [0, 0.1) is 12.7 Å². The molecule has 0 unspecified atom stereocenters. The van der Waals surface area contributed by atoms with E-state index in [9.17, 15) is 4.39 Å². The summed E-state index contributed by atoms with van der Waals surface area (Å²) >= 11 is 0. The summed E-state index contributed by atoms with van der Waals surface area (Å²) in [5.41, 5.74) is 6.76. The van der Waals surface area contributed by atoms with Crippen molar-refractivity contribution in [2.24, 2.45) is 0 Å². The number of nitrogens with two attached hydrogens (primary N) is 2. The van der Waals surface area contributed by atoms with Crippen molar-refractivity contribution >= 4 is 5.95 Å². The van der Waals surface area contributed by atoms with Gasteiger partial charge in [0.15, 0.2) is 5.82 Å². The lowest BCUT2D eigenvalue weighted by Gasteiger charge is -2.02. The minimum Gasteiger partial charge on any atom is -0.366 e. The molecule has 0 saturated carbocycles. The predicted octanol–water partition coefficient (Wildman–Crippen LogP) is 0.689. The van der Waals surface area contributed by atoms with E-state index in [1.54, 1.807) is 13.0 Å². The molecule has 0 aliphatic rings. The molecule has 1 heterocycles. The third-order valence-corrected chi connectivity index (χ3v) is 2.02. The Labute approximate surface area is 85.5 Å². The van der Waals surface area contributed by atoms with Gasteiger partial charge in [0.1, 0.15) is 5.82 Å². The average Bonchev–Trinajstić information content (AvgIpc) is 2.46. The number of benzene rings is 1. The van der Waals surface area contributed by atoms with Crippen LogP contribution in [0.15, 0.2) is 18.2 Å². The second-order valence-electron chi connectivity index (χ2n) is 3.27. The van der Waals surface area contributed by atoms with Crippen molar-refractivity contribution in [1.82, 2.24) is 14.9 Å². The minimum absolute atomic E-state index is 0.0897.